The molecule has 0 N–H and O–H groups in total. The van der Waals surface area contributed by atoms with Gasteiger partial charge in [-0.2, -0.15) is 4.98 Å². The molecule has 4 heterocycles. The number of thiophene rings is 2. The van der Waals surface area contributed by atoms with Crippen molar-refractivity contribution < 1.29 is 4.74 Å². The highest BCUT2D eigenvalue weighted by Crippen LogP contribution is 2.44. The third-order valence-corrected chi connectivity index (χ3v) is 8.29. The van der Waals surface area contributed by atoms with E-state index in [4.69, 9.17) is 19.7 Å². The van der Waals surface area contributed by atoms with Crippen LogP contribution in [0.3, 0.4) is 0 Å². The van der Waals surface area contributed by atoms with Gasteiger partial charge in [0.25, 0.3) is 0 Å². The molecule has 5 aromatic rings. The Hall–Kier alpha value is -2.09. The SMILES string of the molecule is Cc1nc(Oc2cc3sc(C)nc3c3sccc23)c2c3c(sc2n1)CCCC3. The van der Waals surface area contributed by atoms with Crippen LogP contribution in [-0.2, 0) is 12.8 Å². The molecule has 28 heavy (non-hydrogen) atoms. The van der Waals surface area contributed by atoms with Crippen molar-refractivity contribution in [2.75, 3.05) is 0 Å². The van der Waals surface area contributed by atoms with Crippen molar-refractivity contribution >= 4 is 64.5 Å². The van der Waals surface area contributed by atoms with Crippen LogP contribution in [0.2, 0.25) is 0 Å². The molecule has 0 atom stereocenters. The number of thiazole rings is 1. The van der Waals surface area contributed by atoms with E-state index in [1.165, 1.54) is 28.0 Å². The first-order chi connectivity index (χ1) is 13.7. The van der Waals surface area contributed by atoms with Crippen molar-refractivity contribution in [1.82, 2.24) is 15.0 Å². The van der Waals surface area contributed by atoms with Gasteiger partial charge in [-0.25, -0.2) is 9.97 Å². The predicted molar refractivity (Wildman–Crippen MR) is 119 cm³/mol. The van der Waals surface area contributed by atoms with Crippen LogP contribution in [-0.4, -0.2) is 15.0 Å². The summed E-state index contributed by atoms with van der Waals surface area (Å²) in [6.45, 7) is 4.00. The Morgan fingerprint density at radius 1 is 1.04 bits per heavy atom. The molecule has 0 saturated heterocycles. The lowest BCUT2D eigenvalue weighted by molar-refractivity contribution is 0.472. The number of hydrogen-bond acceptors (Lipinski definition) is 7. The molecule has 4 nitrogen and oxygen atoms in total. The van der Waals surface area contributed by atoms with E-state index in [9.17, 15) is 0 Å². The maximum absolute atomic E-state index is 6.53. The molecule has 1 aliphatic carbocycles. The number of fused-ring (bicyclic) bond motifs is 6. The number of hydrogen-bond donors (Lipinski definition) is 0. The molecule has 1 aliphatic rings. The standard InChI is InChI=1S/C21H17N3OS3/c1-10-22-20(17-13-5-3-4-6-15(13)28-21(17)23-10)25-14-9-16-18(24-11(2)27-16)19-12(14)7-8-26-19/h7-9H,3-6H2,1-2H3. The first-order valence-corrected chi connectivity index (χ1v) is 11.9. The fraction of sp³-hybridized carbons (Fsp3) is 0.286. The largest absolute Gasteiger partial charge is 0.437 e. The summed E-state index contributed by atoms with van der Waals surface area (Å²) in [6, 6.07) is 4.24. The monoisotopic (exact) mass is 423 g/mol. The van der Waals surface area contributed by atoms with Crippen LogP contribution in [0.15, 0.2) is 17.5 Å². The third kappa shape index (κ3) is 2.50. The van der Waals surface area contributed by atoms with E-state index < -0.39 is 0 Å². The Labute approximate surface area is 173 Å². The second kappa shape index (κ2) is 6.20. The normalized spacial score (nSPS) is 14.2. The van der Waals surface area contributed by atoms with Gasteiger partial charge in [-0.1, -0.05) is 0 Å². The van der Waals surface area contributed by atoms with Crippen LogP contribution in [0.5, 0.6) is 11.6 Å². The molecule has 0 spiro atoms. The van der Waals surface area contributed by atoms with Crippen molar-refractivity contribution in [2.45, 2.75) is 39.5 Å². The quantitative estimate of drug-likeness (QED) is 0.313. The van der Waals surface area contributed by atoms with Crippen molar-refractivity contribution in [1.29, 1.82) is 0 Å². The van der Waals surface area contributed by atoms with Gasteiger partial charge in [0.2, 0.25) is 5.88 Å². The van der Waals surface area contributed by atoms with E-state index in [1.54, 1.807) is 22.7 Å². The fourth-order valence-corrected chi connectivity index (χ4v) is 7.21. The zero-order valence-corrected chi connectivity index (χ0v) is 18.0. The van der Waals surface area contributed by atoms with Crippen LogP contribution in [0.25, 0.3) is 30.5 Å². The summed E-state index contributed by atoms with van der Waals surface area (Å²) in [5.74, 6) is 2.33. The molecule has 140 valence electrons. The summed E-state index contributed by atoms with van der Waals surface area (Å²) >= 11 is 5.24. The van der Waals surface area contributed by atoms with Crippen LogP contribution in [0.4, 0.5) is 0 Å². The third-order valence-electron chi connectivity index (χ3n) is 5.27. The molecule has 7 heteroatoms. The lowest BCUT2D eigenvalue weighted by atomic mass is 9.97. The lowest BCUT2D eigenvalue weighted by Crippen LogP contribution is -2.00. The Morgan fingerprint density at radius 3 is 2.86 bits per heavy atom. The molecule has 0 radical (unpaired) electrons. The van der Waals surface area contributed by atoms with Crippen LogP contribution in [0, 0.1) is 13.8 Å². The Balaban J connectivity index is 1.59. The number of aromatic nitrogens is 3. The van der Waals surface area contributed by atoms with E-state index in [1.807, 2.05) is 18.3 Å². The number of benzene rings is 1. The molecular weight excluding hydrogens is 406 g/mol. The average molecular weight is 424 g/mol. The first kappa shape index (κ1) is 16.8. The minimum absolute atomic E-state index is 0.704. The topological polar surface area (TPSA) is 47.9 Å². The van der Waals surface area contributed by atoms with E-state index in [2.05, 4.69) is 24.4 Å². The molecule has 0 unspecified atom stereocenters. The predicted octanol–water partition coefficient (Wildman–Crippen LogP) is 6.80. The molecule has 6 rings (SSSR count). The van der Waals surface area contributed by atoms with Gasteiger partial charge < -0.3 is 4.74 Å². The van der Waals surface area contributed by atoms with Gasteiger partial charge in [-0.3, -0.25) is 0 Å². The molecular formula is C21H17N3OS3. The summed E-state index contributed by atoms with van der Waals surface area (Å²) < 4.78 is 8.88. The molecule has 0 saturated carbocycles. The van der Waals surface area contributed by atoms with Gasteiger partial charge in [0.1, 0.15) is 16.4 Å². The highest BCUT2D eigenvalue weighted by Gasteiger charge is 2.23. The smallest absolute Gasteiger partial charge is 0.231 e. The fourth-order valence-electron chi connectivity index (χ4n) is 4.07. The van der Waals surface area contributed by atoms with Gasteiger partial charge in [0.15, 0.2) is 0 Å². The highest BCUT2D eigenvalue weighted by atomic mass is 32.1. The summed E-state index contributed by atoms with van der Waals surface area (Å²) in [5.41, 5.74) is 2.48. The molecule has 0 aliphatic heterocycles. The van der Waals surface area contributed by atoms with Crippen molar-refractivity contribution in [3.05, 3.63) is 38.8 Å². The van der Waals surface area contributed by atoms with Gasteiger partial charge in [0, 0.05) is 16.3 Å². The molecule has 0 fully saturated rings. The Bertz CT molecular complexity index is 1380. The Morgan fingerprint density at radius 2 is 1.93 bits per heavy atom. The number of ether oxygens (including phenoxy) is 1. The molecule has 4 aromatic heterocycles. The number of aryl methyl sites for hydroxylation is 4. The van der Waals surface area contributed by atoms with Crippen LogP contribution >= 0.6 is 34.0 Å². The van der Waals surface area contributed by atoms with Crippen molar-refractivity contribution in [3.63, 3.8) is 0 Å². The zero-order valence-electron chi connectivity index (χ0n) is 15.5. The zero-order chi connectivity index (χ0) is 18.8. The van der Waals surface area contributed by atoms with Crippen LogP contribution in [0.1, 0.15) is 34.1 Å². The second-order valence-corrected chi connectivity index (χ2v) is 10.4. The maximum Gasteiger partial charge on any atom is 0.231 e. The van der Waals surface area contributed by atoms with Crippen molar-refractivity contribution in [2.24, 2.45) is 0 Å². The second-order valence-electron chi connectivity index (χ2n) is 7.19. The van der Waals surface area contributed by atoms with Gasteiger partial charge in [-0.05, 0) is 56.5 Å². The number of rotatable bonds is 2. The first-order valence-electron chi connectivity index (χ1n) is 9.41. The molecule has 0 bridgehead atoms. The lowest BCUT2D eigenvalue weighted by Gasteiger charge is -2.13. The van der Waals surface area contributed by atoms with E-state index in [0.29, 0.717) is 5.88 Å². The summed E-state index contributed by atoms with van der Waals surface area (Å²) in [7, 11) is 0. The summed E-state index contributed by atoms with van der Waals surface area (Å²) in [5, 5.41) is 5.42. The highest BCUT2D eigenvalue weighted by molar-refractivity contribution is 7.21. The Kier molecular flexibility index (Phi) is 3.73. The van der Waals surface area contributed by atoms with E-state index in [-0.39, 0.29) is 0 Å². The minimum atomic E-state index is 0.704. The van der Waals surface area contributed by atoms with Gasteiger partial charge in [0.05, 0.1) is 25.3 Å². The maximum atomic E-state index is 6.53. The van der Waals surface area contributed by atoms with Gasteiger partial charge in [-0.15, -0.1) is 34.0 Å². The summed E-state index contributed by atoms with van der Waals surface area (Å²) in [6.07, 6.45) is 4.74. The van der Waals surface area contributed by atoms with E-state index in [0.717, 1.165) is 55.2 Å². The average Bonchev–Trinajstić information content (AvgIpc) is 3.36. The van der Waals surface area contributed by atoms with Crippen molar-refractivity contribution in [3.8, 4) is 11.6 Å². The molecule has 1 aromatic carbocycles. The van der Waals surface area contributed by atoms with Crippen LogP contribution < -0.4 is 4.74 Å². The number of nitrogens with zero attached hydrogens (tertiary/aromatic N) is 3. The van der Waals surface area contributed by atoms with E-state index >= 15 is 0 Å². The minimum Gasteiger partial charge on any atom is -0.437 e. The molecule has 0 amide bonds. The van der Waals surface area contributed by atoms with Gasteiger partial charge >= 0.3 is 0 Å². The summed E-state index contributed by atoms with van der Waals surface area (Å²) in [4.78, 5) is 16.7.